The second-order valence-corrected chi connectivity index (χ2v) is 4.49. The van der Waals surface area contributed by atoms with Crippen molar-refractivity contribution in [2.75, 3.05) is 5.75 Å². The molecule has 0 saturated heterocycles. The van der Waals surface area contributed by atoms with Crippen LogP contribution in [0.4, 0.5) is 0 Å². The van der Waals surface area contributed by atoms with E-state index in [1.165, 1.54) is 0 Å². The number of aliphatic hydroxyl groups is 1. The van der Waals surface area contributed by atoms with E-state index in [4.69, 9.17) is 0 Å². The molecule has 0 aliphatic carbocycles. The van der Waals surface area contributed by atoms with Crippen molar-refractivity contribution >= 4 is 22.8 Å². The van der Waals surface area contributed by atoms with Crippen LogP contribution in [0.5, 0.6) is 0 Å². The molecule has 1 aromatic heterocycles. The maximum absolute atomic E-state index is 9.48. The molecule has 3 rings (SSSR count). The van der Waals surface area contributed by atoms with Gasteiger partial charge in [0.05, 0.1) is 17.7 Å². The molecule has 2 N–H and O–H groups in total. The van der Waals surface area contributed by atoms with E-state index in [1.54, 1.807) is 11.8 Å². The molecule has 1 aliphatic heterocycles. The fourth-order valence-electron chi connectivity index (χ4n) is 1.73. The largest absolute Gasteiger partial charge is 0.378 e. The van der Waals surface area contributed by atoms with Crippen molar-refractivity contribution in [3.63, 3.8) is 0 Å². The average molecular weight is 221 g/mol. The van der Waals surface area contributed by atoms with E-state index in [2.05, 4.69) is 14.9 Å². The molecule has 0 saturated carbocycles. The molecule has 2 heterocycles. The summed E-state index contributed by atoms with van der Waals surface area (Å²) in [5.41, 5.74) is 2.12. The summed E-state index contributed by atoms with van der Waals surface area (Å²) in [6, 6.07) is 8.05. The summed E-state index contributed by atoms with van der Waals surface area (Å²) in [6.45, 7) is 0.615. The molecule has 0 spiro atoms. The van der Waals surface area contributed by atoms with Crippen LogP contribution in [0.25, 0.3) is 11.0 Å². The average Bonchev–Trinajstić information content (AvgIpc) is 2.51. The van der Waals surface area contributed by atoms with Crippen molar-refractivity contribution < 1.29 is 5.11 Å². The summed E-state index contributed by atoms with van der Waals surface area (Å²) < 4.78 is 2.09. The van der Waals surface area contributed by atoms with Gasteiger partial charge in [0.2, 0.25) is 0 Å². The predicted molar refractivity (Wildman–Crippen MR) is 59.6 cm³/mol. The minimum atomic E-state index is -0.449. The van der Waals surface area contributed by atoms with Gasteiger partial charge in [-0.2, -0.15) is 0 Å². The van der Waals surface area contributed by atoms with Crippen LogP contribution in [0.15, 0.2) is 29.4 Å². The van der Waals surface area contributed by atoms with Crippen LogP contribution in [0.2, 0.25) is 0 Å². The Bertz CT molecular complexity index is 496. The van der Waals surface area contributed by atoms with Crippen LogP contribution in [0.3, 0.4) is 0 Å². The number of rotatable bonds is 0. The molecule has 1 unspecified atom stereocenters. The second-order valence-electron chi connectivity index (χ2n) is 3.50. The van der Waals surface area contributed by atoms with Crippen molar-refractivity contribution in [2.24, 2.45) is 0 Å². The lowest BCUT2D eigenvalue weighted by Crippen LogP contribution is -2.30. The highest BCUT2D eigenvalue weighted by Gasteiger charge is 2.16. The quantitative estimate of drug-likeness (QED) is 0.697. The number of para-hydroxylation sites is 2. The smallest absolute Gasteiger partial charge is 0.170 e. The lowest BCUT2D eigenvalue weighted by molar-refractivity contribution is 0.152. The highest BCUT2D eigenvalue weighted by Crippen LogP contribution is 2.25. The number of aliphatic hydroxyl groups excluding tert-OH is 1. The molecule has 0 amide bonds. The highest BCUT2D eigenvalue weighted by molar-refractivity contribution is 7.99. The molecule has 1 atom stereocenters. The van der Waals surface area contributed by atoms with Crippen LogP contribution in [0, 0.1) is 0 Å². The van der Waals surface area contributed by atoms with E-state index in [-0.39, 0.29) is 0 Å². The Balaban J connectivity index is 2.15. The van der Waals surface area contributed by atoms with Gasteiger partial charge in [0.1, 0.15) is 6.23 Å². The van der Waals surface area contributed by atoms with Gasteiger partial charge < -0.3 is 9.67 Å². The Morgan fingerprint density at radius 1 is 1.47 bits per heavy atom. The zero-order valence-corrected chi connectivity index (χ0v) is 8.87. The zero-order chi connectivity index (χ0) is 10.3. The molecule has 0 radical (unpaired) electrons. The zero-order valence-electron chi connectivity index (χ0n) is 8.05. The van der Waals surface area contributed by atoms with Crippen LogP contribution in [0.1, 0.15) is 0 Å². The SMILES string of the molecule is OC1CSc2nc3ccccc3n2CN1. The van der Waals surface area contributed by atoms with Crippen molar-refractivity contribution in [2.45, 2.75) is 18.1 Å². The van der Waals surface area contributed by atoms with Gasteiger partial charge in [-0.15, -0.1) is 0 Å². The number of hydrogen-bond donors (Lipinski definition) is 2. The number of benzene rings is 1. The van der Waals surface area contributed by atoms with E-state index >= 15 is 0 Å². The Labute approximate surface area is 91.3 Å². The van der Waals surface area contributed by atoms with E-state index < -0.39 is 6.23 Å². The van der Waals surface area contributed by atoms with Gasteiger partial charge in [-0.3, -0.25) is 5.32 Å². The van der Waals surface area contributed by atoms with E-state index in [9.17, 15) is 5.11 Å². The van der Waals surface area contributed by atoms with Gasteiger partial charge in [0.15, 0.2) is 5.16 Å². The van der Waals surface area contributed by atoms with Gasteiger partial charge in [-0.1, -0.05) is 23.9 Å². The van der Waals surface area contributed by atoms with Crippen molar-refractivity contribution in [3.05, 3.63) is 24.3 Å². The minimum Gasteiger partial charge on any atom is -0.378 e. The summed E-state index contributed by atoms with van der Waals surface area (Å²) in [7, 11) is 0. The Morgan fingerprint density at radius 2 is 2.33 bits per heavy atom. The lowest BCUT2D eigenvalue weighted by Gasteiger charge is -2.07. The van der Waals surface area contributed by atoms with Crippen LogP contribution < -0.4 is 5.32 Å². The molecule has 5 heteroatoms. The molecule has 1 aromatic carbocycles. The summed E-state index contributed by atoms with van der Waals surface area (Å²) in [4.78, 5) is 4.52. The summed E-state index contributed by atoms with van der Waals surface area (Å²) in [5, 5.41) is 13.5. The molecule has 2 aromatic rings. The highest BCUT2D eigenvalue weighted by atomic mass is 32.2. The summed E-state index contributed by atoms with van der Waals surface area (Å²) >= 11 is 1.58. The first-order valence-electron chi connectivity index (χ1n) is 4.84. The number of nitrogens with zero attached hydrogens (tertiary/aromatic N) is 2. The van der Waals surface area contributed by atoms with Gasteiger partial charge in [0, 0.05) is 5.75 Å². The first-order valence-corrected chi connectivity index (χ1v) is 5.83. The molecule has 0 bridgehead atoms. The maximum Gasteiger partial charge on any atom is 0.170 e. The molecule has 0 fully saturated rings. The predicted octanol–water partition coefficient (Wildman–Crippen LogP) is 1.01. The fraction of sp³-hybridized carbons (Fsp3) is 0.300. The van der Waals surface area contributed by atoms with Gasteiger partial charge in [-0.25, -0.2) is 4.98 Å². The number of thioether (sulfide) groups is 1. The second kappa shape index (κ2) is 3.52. The van der Waals surface area contributed by atoms with E-state index in [0.717, 1.165) is 16.2 Å². The molecular formula is C10H11N3OS. The minimum absolute atomic E-state index is 0.449. The third kappa shape index (κ3) is 1.52. The lowest BCUT2D eigenvalue weighted by atomic mass is 10.3. The molecule has 15 heavy (non-hydrogen) atoms. The van der Waals surface area contributed by atoms with Crippen molar-refractivity contribution in [1.29, 1.82) is 0 Å². The standard InChI is InChI=1S/C10H11N3OS/c14-9-5-15-10-12-7-3-1-2-4-8(7)13(10)6-11-9/h1-4,9,11,14H,5-6H2. The number of fused-ring (bicyclic) bond motifs is 3. The Hall–Kier alpha value is -1.04. The van der Waals surface area contributed by atoms with Crippen LogP contribution >= 0.6 is 11.8 Å². The molecular weight excluding hydrogens is 210 g/mol. The summed E-state index contributed by atoms with van der Waals surface area (Å²) in [5.74, 6) is 0.642. The Morgan fingerprint density at radius 3 is 3.27 bits per heavy atom. The first-order chi connectivity index (χ1) is 7.34. The van der Waals surface area contributed by atoms with Gasteiger partial charge >= 0.3 is 0 Å². The van der Waals surface area contributed by atoms with Crippen molar-refractivity contribution in [3.8, 4) is 0 Å². The number of nitrogens with one attached hydrogen (secondary N) is 1. The first kappa shape index (κ1) is 9.21. The van der Waals surface area contributed by atoms with Crippen LogP contribution in [-0.2, 0) is 6.67 Å². The van der Waals surface area contributed by atoms with Gasteiger partial charge in [0.25, 0.3) is 0 Å². The molecule has 78 valence electrons. The topological polar surface area (TPSA) is 50.1 Å². The Kier molecular flexibility index (Phi) is 2.16. The maximum atomic E-state index is 9.48. The summed E-state index contributed by atoms with van der Waals surface area (Å²) in [6.07, 6.45) is -0.449. The number of aromatic nitrogens is 2. The van der Waals surface area contributed by atoms with Crippen molar-refractivity contribution in [1.82, 2.24) is 14.9 Å². The van der Waals surface area contributed by atoms with Crippen LogP contribution in [-0.4, -0.2) is 26.6 Å². The molecule has 1 aliphatic rings. The van der Waals surface area contributed by atoms with E-state index in [1.807, 2.05) is 24.3 Å². The normalized spacial score (nSPS) is 21.3. The number of imidazole rings is 1. The third-order valence-electron chi connectivity index (χ3n) is 2.47. The van der Waals surface area contributed by atoms with Gasteiger partial charge in [-0.05, 0) is 12.1 Å². The monoisotopic (exact) mass is 221 g/mol. The molecule has 4 nitrogen and oxygen atoms in total. The fourth-order valence-corrected chi connectivity index (χ4v) is 2.63. The third-order valence-corrected chi connectivity index (χ3v) is 3.53. The number of hydrogen-bond acceptors (Lipinski definition) is 4. The van der Waals surface area contributed by atoms with E-state index in [0.29, 0.717) is 12.4 Å².